The fraction of sp³-hybridized carbons (Fsp3) is 0.400. The normalized spacial score (nSPS) is 11.1. The maximum absolute atomic E-state index is 12.2. The summed E-state index contributed by atoms with van der Waals surface area (Å²) in [6, 6.07) is 1.14. The van der Waals surface area contributed by atoms with Crippen molar-refractivity contribution in [2.75, 3.05) is 14.2 Å². The molecule has 2 N–H and O–H groups in total. The number of esters is 1. The highest BCUT2D eigenvalue weighted by Crippen LogP contribution is 2.32. The zero-order chi connectivity index (χ0) is 14.6. The summed E-state index contributed by atoms with van der Waals surface area (Å²) < 4.78 is 49.4. The molecule has 1 aromatic rings. The lowest BCUT2D eigenvalue weighted by molar-refractivity contribution is -0.276. The Morgan fingerprint density at radius 1 is 1.42 bits per heavy atom. The third-order valence-electron chi connectivity index (χ3n) is 2.06. The lowest BCUT2D eigenvalue weighted by Gasteiger charge is -2.14. The molecule has 0 saturated heterocycles. The molecule has 0 unspecified atom stereocenters. The number of hydrogen-bond donors (Lipinski definition) is 1. The number of pyridine rings is 1. The van der Waals surface area contributed by atoms with Gasteiger partial charge < -0.3 is 19.9 Å². The van der Waals surface area contributed by atoms with Gasteiger partial charge in [-0.2, -0.15) is 0 Å². The molecule has 0 amide bonds. The maximum atomic E-state index is 12.2. The number of hydrogen-bond acceptors (Lipinski definition) is 6. The highest BCUT2D eigenvalue weighted by Gasteiger charge is 2.34. The fourth-order valence-corrected chi connectivity index (χ4v) is 1.27. The molecule has 0 saturated carbocycles. The Morgan fingerprint density at radius 2 is 2.05 bits per heavy atom. The molecule has 106 valence electrons. The van der Waals surface area contributed by atoms with E-state index in [4.69, 9.17) is 10.5 Å². The first-order chi connectivity index (χ1) is 8.82. The van der Waals surface area contributed by atoms with Crippen LogP contribution in [0.3, 0.4) is 0 Å². The number of halogens is 3. The van der Waals surface area contributed by atoms with E-state index in [-0.39, 0.29) is 23.6 Å². The van der Waals surface area contributed by atoms with Crippen LogP contribution < -0.4 is 15.2 Å². The summed E-state index contributed by atoms with van der Waals surface area (Å²) in [5, 5.41) is 0. The van der Waals surface area contributed by atoms with Crippen LogP contribution in [0.25, 0.3) is 0 Å². The van der Waals surface area contributed by atoms with Gasteiger partial charge in [0.15, 0.2) is 11.4 Å². The molecule has 0 spiro atoms. The van der Waals surface area contributed by atoms with Gasteiger partial charge in [0.1, 0.15) is 0 Å². The molecule has 1 aromatic heterocycles. The molecule has 0 radical (unpaired) electrons. The second-order valence-corrected chi connectivity index (χ2v) is 3.25. The van der Waals surface area contributed by atoms with Crippen LogP contribution in [0.1, 0.15) is 16.1 Å². The van der Waals surface area contributed by atoms with E-state index in [1.165, 1.54) is 0 Å². The summed E-state index contributed by atoms with van der Waals surface area (Å²) in [5.74, 6) is -2.09. The number of nitrogens with zero attached hydrogens (tertiary/aromatic N) is 1. The molecular formula is C10H11F3N2O4. The van der Waals surface area contributed by atoms with E-state index < -0.39 is 18.2 Å². The number of alkyl halides is 3. The van der Waals surface area contributed by atoms with Crippen LogP contribution in [-0.2, 0) is 11.3 Å². The Bertz CT molecular complexity index is 477. The second-order valence-electron chi connectivity index (χ2n) is 3.25. The van der Waals surface area contributed by atoms with Crippen LogP contribution in [0, 0.1) is 0 Å². The summed E-state index contributed by atoms with van der Waals surface area (Å²) in [6.45, 7) is -0.125. The molecular weight excluding hydrogens is 269 g/mol. The zero-order valence-corrected chi connectivity index (χ0v) is 10.1. The molecule has 0 aliphatic heterocycles. The smallest absolute Gasteiger partial charge is 0.491 e. The van der Waals surface area contributed by atoms with Crippen LogP contribution in [0.15, 0.2) is 6.07 Å². The molecule has 0 fully saturated rings. The highest BCUT2D eigenvalue weighted by atomic mass is 19.4. The van der Waals surface area contributed by atoms with Crippen molar-refractivity contribution in [1.82, 2.24) is 4.98 Å². The molecule has 6 nitrogen and oxygen atoms in total. The summed E-state index contributed by atoms with van der Waals surface area (Å²) in [7, 11) is 2.21. The number of carbonyl (C=O) groups is 1. The third-order valence-corrected chi connectivity index (χ3v) is 2.06. The van der Waals surface area contributed by atoms with Gasteiger partial charge in [0.05, 0.1) is 14.2 Å². The molecule has 0 atom stereocenters. The quantitative estimate of drug-likeness (QED) is 0.835. The number of rotatable bonds is 4. The van der Waals surface area contributed by atoms with Crippen molar-refractivity contribution < 1.29 is 32.2 Å². The molecule has 19 heavy (non-hydrogen) atoms. The summed E-state index contributed by atoms with van der Waals surface area (Å²) in [5.41, 5.74) is 5.20. The minimum Gasteiger partial charge on any atom is -0.491 e. The second kappa shape index (κ2) is 5.74. The van der Waals surface area contributed by atoms with Crippen molar-refractivity contribution in [3.05, 3.63) is 17.3 Å². The predicted octanol–water partition coefficient (Wildman–Crippen LogP) is 1.23. The van der Waals surface area contributed by atoms with Crippen molar-refractivity contribution in [1.29, 1.82) is 0 Å². The summed E-state index contributed by atoms with van der Waals surface area (Å²) in [4.78, 5) is 14.8. The molecule has 9 heteroatoms. The topological polar surface area (TPSA) is 83.7 Å². The number of nitrogens with two attached hydrogens (primary N) is 1. The maximum Gasteiger partial charge on any atom is 0.574 e. The molecule has 0 aliphatic carbocycles. The van der Waals surface area contributed by atoms with Crippen molar-refractivity contribution in [2.45, 2.75) is 12.9 Å². The number of ether oxygens (including phenoxy) is 3. The molecule has 1 rings (SSSR count). The van der Waals surface area contributed by atoms with Crippen molar-refractivity contribution in [2.24, 2.45) is 5.73 Å². The molecule has 0 aliphatic rings. The van der Waals surface area contributed by atoms with E-state index in [0.717, 1.165) is 20.3 Å². The van der Waals surface area contributed by atoms with Crippen LogP contribution in [0.2, 0.25) is 0 Å². The average Bonchev–Trinajstić information content (AvgIpc) is 2.35. The van der Waals surface area contributed by atoms with Gasteiger partial charge in [0, 0.05) is 12.1 Å². The Kier molecular flexibility index (Phi) is 4.54. The lowest BCUT2D eigenvalue weighted by Crippen LogP contribution is -2.20. The average molecular weight is 280 g/mol. The number of carbonyl (C=O) groups excluding carboxylic acids is 1. The van der Waals surface area contributed by atoms with Crippen LogP contribution in [0.5, 0.6) is 11.6 Å². The molecule has 0 bridgehead atoms. The number of aromatic nitrogens is 1. The van der Waals surface area contributed by atoms with Gasteiger partial charge in [-0.05, 0) is 6.07 Å². The monoisotopic (exact) mass is 280 g/mol. The van der Waals surface area contributed by atoms with E-state index in [0.29, 0.717) is 0 Å². The van der Waals surface area contributed by atoms with Crippen LogP contribution in [-0.4, -0.2) is 31.5 Å². The first kappa shape index (κ1) is 15.0. The highest BCUT2D eigenvalue weighted by molar-refractivity contribution is 5.89. The Morgan fingerprint density at radius 3 is 2.47 bits per heavy atom. The van der Waals surface area contributed by atoms with Crippen LogP contribution >= 0.6 is 0 Å². The van der Waals surface area contributed by atoms with E-state index >= 15 is 0 Å². The summed E-state index contributed by atoms with van der Waals surface area (Å²) in [6.07, 6.45) is -4.96. The van der Waals surface area contributed by atoms with E-state index in [9.17, 15) is 18.0 Å². The zero-order valence-electron chi connectivity index (χ0n) is 10.1. The Labute approximate surface area is 106 Å². The Balaban J connectivity index is 3.33. The molecule has 0 aromatic carbocycles. The van der Waals surface area contributed by atoms with E-state index in [2.05, 4.69) is 14.5 Å². The van der Waals surface area contributed by atoms with Crippen LogP contribution in [0.4, 0.5) is 13.2 Å². The van der Waals surface area contributed by atoms with Gasteiger partial charge in [-0.3, -0.25) is 0 Å². The predicted molar refractivity (Wildman–Crippen MR) is 56.7 cm³/mol. The first-order valence-electron chi connectivity index (χ1n) is 4.94. The lowest BCUT2D eigenvalue weighted by atomic mass is 10.2. The molecule has 1 heterocycles. The fourth-order valence-electron chi connectivity index (χ4n) is 1.27. The standard InChI is InChI=1S/C10H11F3N2O4/c1-17-6-3-5(4-14)7(9(16)18-2)15-8(6)19-10(11,12)13/h3H,4,14H2,1-2H3. The van der Waals surface area contributed by atoms with Crippen molar-refractivity contribution in [3.63, 3.8) is 0 Å². The van der Waals surface area contributed by atoms with E-state index in [1.807, 2.05) is 0 Å². The minimum atomic E-state index is -4.96. The van der Waals surface area contributed by atoms with Gasteiger partial charge in [0.25, 0.3) is 5.88 Å². The minimum absolute atomic E-state index is 0.125. The first-order valence-corrected chi connectivity index (χ1v) is 4.94. The number of methoxy groups -OCH3 is 2. The third kappa shape index (κ3) is 3.71. The van der Waals surface area contributed by atoms with Gasteiger partial charge in [-0.25, -0.2) is 9.78 Å². The largest absolute Gasteiger partial charge is 0.574 e. The van der Waals surface area contributed by atoms with E-state index in [1.54, 1.807) is 0 Å². The Hall–Kier alpha value is -2.03. The van der Waals surface area contributed by atoms with Gasteiger partial charge in [0.2, 0.25) is 0 Å². The van der Waals surface area contributed by atoms with Gasteiger partial charge in [-0.15, -0.1) is 13.2 Å². The van der Waals surface area contributed by atoms with Gasteiger partial charge >= 0.3 is 12.3 Å². The van der Waals surface area contributed by atoms with Crippen molar-refractivity contribution in [3.8, 4) is 11.6 Å². The van der Waals surface area contributed by atoms with Gasteiger partial charge in [-0.1, -0.05) is 0 Å². The van der Waals surface area contributed by atoms with Crippen molar-refractivity contribution >= 4 is 5.97 Å². The summed E-state index contributed by atoms with van der Waals surface area (Å²) >= 11 is 0. The SMILES string of the molecule is COC(=O)c1nc(OC(F)(F)F)c(OC)cc1CN.